The number of rotatable bonds is 8. The summed E-state index contributed by atoms with van der Waals surface area (Å²) in [5.74, 6) is 2.85. The quantitative estimate of drug-likeness (QED) is 0.546. The molecule has 2 aliphatic rings. The summed E-state index contributed by atoms with van der Waals surface area (Å²) in [5, 5.41) is 10.6. The molecule has 4 atom stereocenters. The number of hydrogen-bond acceptors (Lipinski definition) is 3. The van der Waals surface area contributed by atoms with Crippen LogP contribution in [-0.4, -0.2) is 48.5 Å². The van der Waals surface area contributed by atoms with E-state index in [0.29, 0.717) is 24.5 Å². The number of likely N-dealkylation sites (tertiary alicyclic amines) is 1. The maximum atomic E-state index is 10.6. The number of aliphatic hydroxyl groups excluding tert-OH is 1. The molecule has 174 valence electrons. The molecule has 1 aromatic rings. The summed E-state index contributed by atoms with van der Waals surface area (Å²) >= 11 is 0. The van der Waals surface area contributed by atoms with E-state index in [0.717, 1.165) is 37.9 Å². The summed E-state index contributed by atoms with van der Waals surface area (Å²) < 4.78 is 6.25. The van der Waals surface area contributed by atoms with Gasteiger partial charge < -0.3 is 14.7 Å². The van der Waals surface area contributed by atoms with Gasteiger partial charge in [0.25, 0.3) is 0 Å². The van der Waals surface area contributed by atoms with Crippen molar-refractivity contribution in [2.45, 2.75) is 71.5 Å². The van der Waals surface area contributed by atoms with Gasteiger partial charge in [0, 0.05) is 6.54 Å². The smallest absolute Gasteiger partial charge is 0.0900 e. The minimum Gasteiger partial charge on any atom is -0.389 e. The van der Waals surface area contributed by atoms with Crippen molar-refractivity contribution in [2.75, 3.05) is 26.2 Å². The zero-order valence-corrected chi connectivity index (χ0v) is 20.7. The van der Waals surface area contributed by atoms with E-state index in [4.69, 9.17) is 4.74 Å². The molecule has 1 aliphatic carbocycles. The molecule has 0 amide bonds. The average Bonchev–Trinajstić information content (AvgIpc) is 2.68. The topological polar surface area (TPSA) is 32.7 Å². The van der Waals surface area contributed by atoms with Crippen LogP contribution in [0.1, 0.15) is 58.4 Å². The molecule has 1 aromatic carbocycles. The van der Waals surface area contributed by atoms with Crippen LogP contribution in [0.3, 0.4) is 0 Å². The van der Waals surface area contributed by atoms with Crippen LogP contribution >= 0.6 is 24.8 Å². The van der Waals surface area contributed by atoms with E-state index < -0.39 is 0 Å². The maximum Gasteiger partial charge on any atom is 0.0900 e. The Morgan fingerprint density at radius 2 is 1.70 bits per heavy atom. The Bertz CT molecular complexity index is 564. The SMILES string of the molecule is CC1CCC(C(C)C)C(OCC(O)CN2CCC(Cc3ccccc3)CC2)C1.Cl.Cl. The van der Waals surface area contributed by atoms with E-state index in [1.807, 2.05) is 0 Å². The van der Waals surface area contributed by atoms with Crippen molar-refractivity contribution >= 4 is 24.8 Å². The number of halogens is 2. The highest BCUT2D eigenvalue weighted by Gasteiger charge is 2.32. The molecule has 1 saturated carbocycles. The lowest BCUT2D eigenvalue weighted by atomic mass is 9.75. The lowest BCUT2D eigenvalue weighted by Crippen LogP contribution is -2.42. The molecule has 1 N–H and O–H groups in total. The second-order valence-corrected chi connectivity index (χ2v) is 9.79. The van der Waals surface area contributed by atoms with Gasteiger partial charge in [0.1, 0.15) is 0 Å². The normalized spacial score (nSPS) is 26.6. The minimum atomic E-state index is -0.365. The third-order valence-electron chi connectivity index (χ3n) is 7.01. The van der Waals surface area contributed by atoms with Crippen LogP contribution in [0.2, 0.25) is 0 Å². The van der Waals surface area contributed by atoms with Crippen molar-refractivity contribution in [1.29, 1.82) is 0 Å². The highest BCUT2D eigenvalue weighted by molar-refractivity contribution is 5.85. The van der Waals surface area contributed by atoms with Crippen molar-refractivity contribution < 1.29 is 9.84 Å². The first-order chi connectivity index (χ1) is 13.5. The monoisotopic (exact) mass is 459 g/mol. The number of nitrogens with zero attached hydrogens (tertiary/aromatic N) is 1. The summed E-state index contributed by atoms with van der Waals surface area (Å²) in [6, 6.07) is 10.8. The Balaban J connectivity index is 0.00000225. The summed E-state index contributed by atoms with van der Waals surface area (Å²) in [4.78, 5) is 2.43. The number of piperidine rings is 1. The molecule has 5 heteroatoms. The zero-order chi connectivity index (χ0) is 19.9. The molecule has 0 bridgehead atoms. The highest BCUT2D eigenvalue weighted by atomic mass is 35.5. The van der Waals surface area contributed by atoms with Crippen molar-refractivity contribution in [1.82, 2.24) is 4.90 Å². The zero-order valence-electron chi connectivity index (χ0n) is 19.0. The van der Waals surface area contributed by atoms with Crippen LogP contribution in [0, 0.1) is 23.7 Å². The fraction of sp³-hybridized carbons (Fsp3) is 0.760. The first-order valence-corrected chi connectivity index (χ1v) is 11.6. The molecule has 0 radical (unpaired) electrons. The standard InChI is InChI=1S/C25H41NO2.2ClH/c1-19(2)24-10-9-20(3)15-25(24)28-18-23(27)17-26-13-11-22(12-14-26)16-21-7-5-4-6-8-21;;/h4-8,19-20,22-25,27H,9-18H2,1-3H3;2*1H. The fourth-order valence-corrected chi connectivity index (χ4v) is 5.21. The molecule has 0 spiro atoms. The molecule has 1 saturated heterocycles. The van der Waals surface area contributed by atoms with Gasteiger partial charge in [-0.1, -0.05) is 57.5 Å². The van der Waals surface area contributed by atoms with Gasteiger partial charge in [0.15, 0.2) is 0 Å². The van der Waals surface area contributed by atoms with Crippen LogP contribution in [0.25, 0.3) is 0 Å². The lowest BCUT2D eigenvalue weighted by molar-refractivity contribution is -0.0749. The summed E-state index contributed by atoms with van der Waals surface area (Å²) in [5.41, 5.74) is 1.45. The van der Waals surface area contributed by atoms with Crippen LogP contribution in [0.15, 0.2) is 30.3 Å². The molecule has 3 rings (SSSR count). The summed E-state index contributed by atoms with van der Waals surface area (Å²) in [7, 11) is 0. The molecule has 1 aliphatic heterocycles. The van der Waals surface area contributed by atoms with Crippen molar-refractivity contribution in [2.24, 2.45) is 23.7 Å². The number of β-amino-alcohol motifs (C(OH)–C–C–N with tert-alkyl or cyclic N) is 1. The van der Waals surface area contributed by atoms with Gasteiger partial charge in [-0.05, 0) is 74.4 Å². The molecule has 2 fully saturated rings. The Labute approximate surface area is 196 Å². The molecule has 3 nitrogen and oxygen atoms in total. The van der Waals surface area contributed by atoms with Gasteiger partial charge in [0.05, 0.1) is 18.8 Å². The highest BCUT2D eigenvalue weighted by Crippen LogP contribution is 2.35. The predicted molar refractivity (Wildman–Crippen MR) is 131 cm³/mol. The van der Waals surface area contributed by atoms with Gasteiger partial charge in [0.2, 0.25) is 0 Å². The van der Waals surface area contributed by atoms with Crippen LogP contribution in [0.4, 0.5) is 0 Å². The van der Waals surface area contributed by atoms with Crippen molar-refractivity contribution in [3.8, 4) is 0 Å². The first-order valence-electron chi connectivity index (χ1n) is 11.6. The van der Waals surface area contributed by atoms with E-state index >= 15 is 0 Å². The Morgan fingerprint density at radius 1 is 1.03 bits per heavy atom. The van der Waals surface area contributed by atoms with E-state index in [1.165, 1.54) is 37.7 Å². The molecular formula is C25H43Cl2NO2. The van der Waals surface area contributed by atoms with E-state index in [-0.39, 0.29) is 30.9 Å². The molecule has 0 aromatic heterocycles. The third-order valence-corrected chi connectivity index (χ3v) is 7.01. The Kier molecular flexibility index (Phi) is 12.9. The second kappa shape index (κ2) is 14.0. The number of ether oxygens (including phenoxy) is 1. The van der Waals surface area contributed by atoms with Crippen LogP contribution < -0.4 is 0 Å². The van der Waals surface area contributed by atoms with Crippen molar-refractivity contribution in [3.05, 3.63) is 35.9 Å². The molecular weight excluding hydrogens is 417 g/mol. The van der Waals surface area contributed by atoms with Crippen molar-refractivity contribution in [3.63, 3.8) is 0 Å². The largest absolute Gasteiger partial charge is 0.389 e. The Hall–Kier alpha value is -0.320. The fourth-order valence-electron chi connectivity index (χ4n) is 5.21. The lowest BCUT2D eigenvalue weighted by Gasteiger charge is -2.38. The van der Waals surface area contributed by atoms with Crippen LogP contribution in [-0.2, 0) is 11.2 Å². The number of benzene rings is 1. The first kappa shape index (κ1) is 27.7. The number of aliphatic hydroxyl groups is 1. The van der Waals surface area contributed by atoms with Crippen LogP contribution in [0.5, 0.6) is 0 Å². The van der Waals surface area contributed by atoms with Gasteiger partial charge in [-0.25, -0.2) is 0 Å². The van der Waals surface area contributed by atoms with E-state index in [1.54, 1.807) is 0 Å². The van der Waals surface area contributed by atoms with Gasteiger partial charge in [-0.3, -0.25) is 0 Å². The summed E-state index contributed by atoms with van der Waals surface area (Å²) in [6.45, 7) is 10.4. The van der Waals surface area contributed by atoms with Gasteiger partial charge in [-0.15, -0.1) is 24.8 Å². The third kappa shape index (κ3) is 8.67. The maximum absolute atomic E-state index is 10.6. The molecule has 30 heavy (non-hydrogen) atoms. The van der Waals surface area contributed by atoms with E-state index in [9.17, 15) is 5.11 Å². The van der Waals surface area contributed by atoms with Gasteiger partial charge >= 0.3 is 0 Å². The minimum absolute atomic E-state index is 0. The second-order valence-electron chi connectivity index (χ2n) is 9.79. The summed E-state index contributed by atoms with van der Waals surface area (Å²) in [6.07, 6.45) is 7.37. The van der Waals surface area contributed by atoms with Gasteiger partial charge in [-0.2, -0.15) is 0 Å². The number of hydrogen-bond donors (Lipinski definition) is 1. The van der Waals surface area contributed by atoms with E-state index in [2.05, 4.69) is 56.0 Å². The average molecular weight is 461 g/mol. The Morgan fingerprint density at radius 3 is 2.33 bits per heavy atom. The predicted octanol–water partition coefficient (Wildman–Crippen LogP) is 5.62. The molecule has 4 unspecified atom stereocenters. The molecule has 1 heterocycles.